The quantitative estimate of drug-likeness (QED) is 0.175. The molecule has 3 fully saturated rings. The number of carbonyl (C=O) groups is 1. The zero-order valence-electron chi connectivity index (χ0n) is 23.7. The summed E-state index contributed by atoms with van der Waals surface area (Å²) in [6, 6.07) is 7.84. The van der Waals surface area contributed by atoms with Gasteiger partial charge in [-0.3, -0.25) is 4.79 Å². The number of nitrogens with zero attached hydrogens (tertiary/aromatic N) is 3. The fraction of sp³-hybridized carbons (Fsp3) is 0.655. The van der Waals surface area contributed by atoms with Gasteiger partial charge in [-0.1, -0.05) is 12.5 Å². The molecule has 3 atom stereocenters. The number of nitrogens with two attached hydrogens (primary N) is 1. The van der Waals surface area contributed by atoms with Crippen molar-refractivity contribution in [3.8, 4) is 0 Å². The molecule has 1 aromatic heterocycles. The summed E-state index contributed by atoms with van der Waals surface area (Å²) in [4.78, 5) is 26.8. The molecule has 7 N–H and O–H groups in total. The van der Waals surface area contributed by atoms with E-state index in [-0.39, 0.29) is 18.1 Å². The second-order valence-electron chi connectivity index (χ2n) is 11.4. The topological polar surface area (TPSA) is 169 Å². The average molecular weight is 569 g/mol. The van der Waals surface area contributed by atoms with Crippen LogP contribution in [0.5, 0.6) is 0 Å². The van der Waals surface area contributed by atoms with Crippen LogP contribution in [0.3, 0.4) is 0 Å². The summed E-state index contributed by atoms with van der Waals surface area (Å²) in [5.74, 6) is 2.77. The first-order chi connectivity index (χ1) is 20.1. The fourth-order valence-electron chi connectivity index (χ4n) is 6.16. The van der Waals surface area contributed by atoms with E-state index in [1.807, 2.05) is 12.1 Å². The number of ether oxygens (including phenoxy) is 2. The average Bonchev–Trinajstić information content (AvgIpc) is 3.59. The Balaban J connectivity index is 1.20. The highest BCUT2D eigenvalue weighted by molar-refractivity contribution is 5.95. The highest BCUT2D eigenvalue weighted by Gasteiger charge is 2.39. The Morgan fingerprint density at radius 3 is 2.39 bits per heavy atom. The third-order valence-corrected chi connectivity index (χ3v) is 8.26. The number of anilines is 4. The molecule has 5 rings (SSSR count). The Bertz CT molecular complexity index is 1130. The van der Waals surface area contributed by atoms with Gasteiger partial charge in [0.15, 0.2) is 0 Å². The normalized spacial score (nSPS) is 25.2. The van der Waals surface area contributed by atoms with Gasteiger partial charge in [-0.25, -0.2) is 0 Å². The van der Waals surface area contributed by atoms with Crippen LogP contribution in [0.15, 0.2) is 24.3 Å². The summed E-state index contributed by atoms with van der Waals surface area (Å²) in [6.07, 6.45) is 8.09. The maximum atomic E-state index is 12.7. The number of hydrogen-bond donors (Lipinski definition) is 6. The van der Waals surface area contributed by atoms with E-state index in [4.69, 9.17) is 25.2 Å². The lowest BCUT2D eigenvalue weighted by Crippen LogP contribution is -2.30. The molecule has 2 bridgehead atoms. The van der Waals surface area contributed by atoms with Crippen LogP contribution in [-0.4, -0.2) is 83.7 Å². The van der Waals surface area contributed by atoms with E-state index in [0.29, 0.717) is 80.6 Å². The number of aliphatic hydroxyl groups is 1. The zero-order chi connectivity index (χ0) is 28.4. The van der Waals surface area contributed by atoms with Crippen molar-refractivity contribution in [1.82, 2.24) is 20.3 Å². The van der Waals surface area contributed by atoms with E-state index < -0.39 is 0 Å². The van der Waals surface area contributed by atoms with Crippen LogP contribution < -0.4 is 27.0 Å². The van der Waals surface area contributed by atoms with Gasteiger partial charge in [0.2, 0.25) is 17.8 Å². The second-order valence-corrected chi connectivity index (χ2v) is 11.4. The highest BCUT2D eigenvalue weighted by atomic mass is 16.5. The molecule has 3 aliphatic rings. The molecule has 12 nitrogen and oxygen atoms in total. The molecule has 3 aliphatic carbocycles. The third kappa shape index (κ3) is 8.71. The van der Waals surface area contributed by atoms with Crippen molar-refractivity contribution in [2.45, 2.75) is 69.6 Å². The van der Waals surface area contributed by atoms with E-state index in [2.05, 4.69) is 26.3 Å². The molecule has 2 aromatic rings. The SMILES string of the molecule is NCCOCCOCCNC(=O)c1cccc(Nc2nc(NC3CCC(O)CC3)nc(NC3CC4CCC3C4)n2)c1. The Kier molecular flexibility index (Phi) is 10.6. The minimum absolute atomic E-state index is 0.187. The maximum absolute atomic E-state index is 12.7. The Morgan fingerprint density at radius 2 is 1.66 bits per heavy atom. The van der Waals surface area contributed by atoms with Gasteiger partial charge < -0.3 is 41.6 Å². The van der Waals surface area contributed by atoms with Gasteiger partial charge >= 0.3 is 0 Å². The van der Waals surface area contributed by atoms with Crippen LogP contribution in [0.25, 0.3) is 0 Å². The predicted octanol–water partition coefficient (Wildman–Crippen LogP) is 2.65. The summed E-state index contributed by atoms with van der Waals surface area (Å²) >= 11 is 0. The number of aliphatic hydroxyl groups excluding tert-OH is 1. The minimum Gasteiger partial charge on any atom is -0.393 e. The molecule has 1 amide bonds. The third-order valence-electron chi connectivity index (χ3n) is 8.26. The number of fused-ring (bicyclic) bond motifs is 2. The van der Waals surface area contributed by atoms with Gasteiger partial charge in [0.25, 0.3) is 5.91 Å². The van der Waals surface area contributed by atoms with Crippen LogP contribution in [-0.2, 0) is 9.47 Å². The summed E-state index contributed by atoms with van der Waals surface area (Å²) < 4.78 is 10.7. The molecular formula is C29H44N8O4. The lowest BCUT2D eigenvalue weighted by molar-refractivity contribution is 0.0511. The van der Waals surface area contributed by atoms with Crippen molar-refractivity contribution in [2.24, 2.45) is 17.6 Å². The van der Waals surface area contributed by atoms with Crippen LogP contribution >= 0.6 is 0 Å². The first-order valence-corrected chi connectivity index (χ1v) is 15.0. The van der Waals surface area contributed by atoms with E-state index in [9.17, 15) is 9.90 Å². The largest absolute Gasteiger partial charge is 0.393 e. The highest BCUT2D eigenvalue weighted by Crippen LogP contribution is 2.45. The van der Waals surface area contributed by atoms with Crippen molar-refractivity contribution >= 4 is 29.4 Å². The Morgan fingerprint density at radius 1 is 0.902 bits per heavy atom. The van der Waals surface area contributed by atoms with Gasteiger partial charge in [-0.15, -0.1) is 0 Å². The van der Waals surface area contributed by atoms with Crippen molar-refractivity contribution in [1.29, 1.82) is 0 Å². The molecular weight excluding hydrogens is 524 g/mol. The van der Waals surface area contributed by atoms with Gasteiger partial charge in [0.1, 0.15) is 0 Å². The predicted molar refractivity (Wildman–Crippen MR) is 157 cm³/mol. The lowest BCUT2D eigenvalue weighted by atomic mass is 9.93. The molecule has 41 heavy (non-hydrogen) atoms. The molecule has 12 heteroatoms. The maximum Gasteiger partial charge on any atom is 0.251 e. The molecule has 224 valence electrons. The molecule has 3 unspecified atom stereocenters. The number of aromatic nitrogens is 3. The number of amides is 1. The Hall–Kier alpha value is -3.06. The monoisotopic (exact) mass is 568 g/mol. The lowest BCUT2D eigenvalue weighted by Gasteiger charge is -2.27. The van der Waals surface area contributed by atoms with Crippen LogP contribution in [0, 0.1) is 11.8 Å². The smallest absolute Gasteiger partial charge is 0.251 e. The number of rotatable bonds is 15. The summed E-state index contributed by atoms with van der Waals surface area (Å²) in [5.41, 5.74) is 6.61. The van der Waals surface area contributed by atoms with Gasteiger partial charge in [0, 0.05) is 36.4 Å². The number of carbonyl (C=O) groups excluding carboxylic acids is 1. The number of benzene rings is 1. The number of nitrogens with one attached hydrogen (secondary N) is 4. The Labute approximate surface area is 241 Å². The number of hydrogen-bond acceptors (Lipinski definition) is 11. The van der Waals surface area contributed by atoms with Crippen molar-refractivity contribution < 1.29 is 19.4 Å². The van der Waals surface area contributed by atoms with Crippen molar-refractivity contribution in [2.75, 3.05) is 55.5 Å². The van der Waals surface area contributed by atoms with Gasteiger partial charge in [0.05, 0.1) is 32.5 Å². The van der Waals surface area contributed by atoms with Crippen LogP contribution in [0.1, 0.15) is 61.7 Å². The van der Waals surface area contributed by atoms with Crippen molar-refractivity contribution in [3.05, 3.63) is 29.8 Å². The summed E-state index contributed by atoms with van der Waals surface area (Å²) in [5, 5.41) is 23.1. The molecule has 0 saturated heterocycles. The van der Waals surface area contributed by atoms with Gasteiger partial charge in [-0.2, -0.15) is 15.0 Å². The standard InChI is InChI=1S/C29H44N8O4/c30-10-12-40-14-15-41-13-11-31-26(39)21-2-1-3-23(18-21)33-28-35-27(32-22-6-8-24(38)9-7-22)36-29(37-28)34-25-17-19-4-5-20(25)16-19/h1-3,18-20,22,24-25,38H,4-17,30H2,(H,31,39)(H3,32,33,34,35,36,37). The second kappa shape index (κ2) is 14.7. The molecule has 1 aromatic carbocycles. The van der Waals surface area contributed by atoms with Crippen LogP contribution in [0.4, 0.5) is 23.5 Å². The molecule has 1 heterocycles. The summed E-state index contributed by atoms with van der Waals surface area (Å²) in [6.45, 7) is 2.73. The van der Waals surface area contributed by atoms with E-state index in [1.54, 1.807) is 12.1 Å². The zero-order valence-corrected chi connectivity index (χ0v) is 23.7. The summed E-state index contributed by atoms with van der Waals surface area (Å²) in [7, 11) is 0. The van der Waals surface area contributed by atoms with E-state index >= 15 is 0 Å². The molecule has 3 saturated carbocycles. The molecule has 0 radical (unpaired) electrons. The minimum atomic E-state index is -0.225. The van der Waals surface area contributed by atoms with E-state index in [0.717, 1.165) is 38.0 Å². The van der Waals surface area contributed by atoms with E-state index in [1.165, 1.54) is 19.3 Å². The first kappa shape index (κ1) is 29.4. The molecule has 0 aliphatic heterocycles. The van der Waals surface area contributed by atoms with Crippen molar-refractivity contribution in [3.63, 3.8) is 0 Å². The fourth-order valence-corrected chi connectivity index (χ4v) is 6.16. The van der Waals surface area contributed by atoms with Gasteiger partial charge in [-0.05, 0) is 75.0 Å². The first-order valence-electron chi connectivity index (χ1n) is 15.0. The molecule has 0 spiro atoms. The van der Waals surface area contributed by atoms with Crippen LogP contribution in [0.2, 0.25) is 0 Å².